The Labute approximate surface area is 111 Å². The van der Waals surface area contributed by atoms with Gasteiger partial charge in [0.1, 0.15) is 0 Å². The maximum absolute atomic E-state index is 11.7. The van der Waals surface area contributed by atoms with Crippen LogP contribution in [0.2, 0.25) is 0 Å². The molecular formula is C14H28N2O2. The summed E-state index contributed by atoms with van der Waals surface area (Å²) in [5.41, 5.74) is -0.841. The molecule has 0 aromatic heterocycles. The Morgan fingerprint density at radius 3 is 2.50 bits per heavy atom. The molecule has 4 nitrogen and oxygen atoms in total. The van der Waals surface area contributed by atoms with Crippen LogP contribution in [0, 0.1) is 11.8 Å². The van der Waals surface area contributed by atoms with Crippen LogP contribution in [-0.2, 0) is 0 Å². The largest absolute Gasteiger partial charge is 0.388 e. The van der Waals surface area contributed by atoms with Crippen molar-refractivity contribution < 1.29 is 9.90 Å². The van der Waals surface area contributed by atoms with Crippen molar-refractivity contribution in [2.75, 3.05) is 6.54 Å². The van der Waals surface area contributed by atoms with E-state index in [1.807, 2.05) is 13.8 Å². The predicted octanol–water partition coefficient (Wildman–Crippen LogP) is 2.27. The molecule has 1 rings (SSSR count). The summed E-state index contributed by atoms with van der Waals surface area (Å²) in [6.07, 6.45) is 4.61. The number of nitrogens with one attached hydrogen (secondary N) is 2. The van der Waals surface area contributed by atoms with Crippen molar-refractivity contribution in [3.63, 3.8) is 0 Å². The van der Waals surface area contributed by atoms with Crippen LogP contribution in [0.4, 0.5) is 4.79 Å². The van der Waals surface area contributed by atoms with Crippen LogP contribution in [0.3, 0.4) is 0 Å². The first kappa shape index (κ1) is 15.3. The van der Waals surface area contributed by atoms with Gasteiger partial charge in [-0.05, 0) is 38.5 Å². The lowest BCUT2D eigenvalue weighted by Gasteiger charge is -2.33. The molecule has 0 heterocycles. The summed E-state index contributed by atoms with van der Waals surface area (Å²) < 4.78 is 0. The number of amides is 2. The van der Waals surface area contributed by atoms with E-state index in [1.54, 1.807) is 6.92 Å². The molecule has 0 radical (unpaired) electrons. The Hall–Kier alpha value is -0.770. The minimum absolute atomic E-state index is 0.168. The number of aliphatic hydroxyl groups is 1. The molecule has 4 heteroatoms. The normalized spacial score (nSPS) is 22.5. The monoisotopic (exact) mass is 256 g/mol. The molecule has 0 saturated heterocycles. The Morgan fingerprint density at radius 2 is 2.06 bits per heavy atom. The van der Waals surface area contributed by atoms with Crippen molar-refractivity contribution in [2.24, 2.45) is 11.8 Å². The van der Waals surface area contributed by atoms with Crippen molar-refractivity contribution in [3.05, 3.63) is 0 Å². The molecule has 0 aliphatic heterocycles. The lowest BCUT2D eigenvalue weighted by atomic mass is 9.80. The highest BCUT2D eigenvalue weighted by Gasteiger charge is 2.28. The second-order valence-corrected chi connectivity index (χ2v) is 5.97. The van der Waals surface area contributed by atoms with Crippen molar-refractivity contribution in [1.29, 1.82) is 0 Å². The fourth-order valence-electron chi connectivity index (χ4n) is 2.19. The van der Waals surface area contributed by atoms with Gasteiger partial charge in [-0.25, -0.2) is 4.79 Å². The van der Waals surface area contributed by atoms with E-state index in [1.165, 1.54) is 19.3 Å². The van der Waals surface area contributed by atoms with Gasteiger partial charge in [0, 0.05) is 12.6 Å². The number of hydrogen-bond donors (Lipinski definition) is 3. The molecule has 18 heavy (non-hydrogen) atoms. The standard InChI is InChI=1S/C14H28N2O2/c1-5-10(2)14(4,18)9-15-13(17)16-11(3)12-7-6-8-12/h10-12,18H,5-9H2,1-4H3,(H2,15,16,17). The average Bonchev–Trinajstić information content (AvgIpc) is 2.22. The summed E-state index contributed by atoms with van der Waals surface area (Å²) in [6.45, 7) is 8.16. The lowest BCUT2D eigenvalue weighted by Crippen LogP contribution is -2.51. The van der Waals surface area contributed by atoms with Gasteiger partial charge in [0.25, 0.3) is 0 Å². The van der Waals surface area contributed by atoms with Gasteiger partial charge >= 0.3 is 6.03 Å². The van der Waals surface area contributed by atoms with E-state index in [9.17, 15) is 9.90 Å². The molecule has 1 aliphatic carbocycles. The minimum Gasteiger partial charge on any atom is -0.388 e. The van der Waals surface area contributed by atoms with Crippen molar-refractivity contribution in [2.45, 2.75) is 65.0 Å². The van der Waals surface area contributed by atoms with Gasteiger partial charge in [-0.1, -0.05) is 26.7 Å². The molecule has 0 aromatic carbocycles. The smallest absolute Gasteiger partial charge is 0.315 e. The number of urea groups is 1. The summed E-state index contributed by atoms with van der Waals surface area (Å²) in [4.78, 5) is 11.7. The summed E-state index contributed by atoms with van der Waals surface area (Å²) in [7, 11) is 0. The predicted molar refractivity (Wildman–Crippen MR) is 73.4 cm³/mol. The molecular weight excluding hydrogens is 228 g/mol. The van der Waals surface area contributed by atoms with Crippen LogP contribution < -0.4 is 10.6 Å². The topological polar surface area (TPSA) is 61.4 Å². The fraction of sp³-hybridized carbons (Fsp3) is 0.929. The van der Waals surface area contributed by atoms with Crippen LogP contribution in [-0.4, -0.2) is 29.3 Å². The third kappa shape index (κ3) is 4.16. The fourth-order valence-corrected chi connectivity index (χ4v) is 2.19. The first-order valence-corrected chi connectivity index (χ1v) is 7.13. The molecule has 3 N–H and O–H groups in total. The maximum Gasteiger partial charge on any atom is 0.315 e. The van der Waals surface area contributed by atoms with Crippen molar-refractivity contribution in [3.8, 4) is 0 Å². The van der Waals surface area contributed by atoms with Gasteiger partial charge in [-0.2, -0.15) is 0 Å². The zero-order chi connectivity index (χ0) is 13.8. The number of hydrogen-bond acceptors (Lipinski definition) is 2. The Morgan fingerprint density at radius 1 is 1.44 bits per heavy atom. The average molecular weight is 256 g/mol. The Balaban J connectivity index is 2.27. The third-order valence-electron chi connectivity index (χ3n) is 4.50. The summed E-state index contributed by atoms with van der Waals surface area (Å²) in [5.74, 6) is 0.799. The minimum atomic E-state index is -0.841. The first-order valence-electron chi connectivity index (χ1n) is 7.13. The highest BCUT2D eigenvalue weighted by atomic mass is 16.3. The highest BCUT2D eigenvalue weighted by Crippen LogP contribution is 2.29. The van der Waals surface area contributed by atoms with Gasteiger partial charge in [0.2, 0.25) is 0 Å². The van der Waals surface area contributed by atoms with E-state index in [4.69, 9.17) is 0 Å². The molecule has 1 fully saturated rings. The molecule has 0 spiro atoms. The van der Waals surface area contributed by atoms with E-state index in [0.29, 0.717) is 12.5 Å². The molecule has 3 atom stereocenters. The van der Waals surface area contributed by atoms with Gasteiger partial charge in [0.05, 0.1) is 5.60 Å². The quantitative estimate of drug-likeness (QED) is 0.682. The van der Waals surface area contributed by atoms with Crippen LogP contribution in [0.15, 0.2) is 0 Å². The van der Waals surface area contributed by atoms with E-state index in [-0.39, 0.29) is 18.0 Å². The molecule has 3 unspecified atom stereocenters. The van der Waals surface area contributed by atoms with Crippen molar-refractivity contribution in [1.82, 2.24) is 10.6 Å². The maximum atomic E-state index is 11.7. The van der Waals surface area contributed by atoms with Gasteiger partial charge < -0.3 is 15.7 Å². The van der Waals surface area contributed by atoms with Crippen LogP contribution >= 0.6 is 0 Å². The highest BCUT2D eigenvalue weighted by molar-refractivity contribution is 5.74. The van der Waals surface area contributed by atoms with Gasteiger partial charge in [-0.3, -0.25) is 0 Å². The summed E-state index contributed by atoms with van der Waals surface area (Å²) >= 11 is 0. The molecule has 1 saturated carbocycles. The van der Waals surface area contributed by atoms with Gasteiger partial charge in [0.15, 0.2) is 0 Å². The number of rotatable bonds is 6. The summed E-state index contributed by atoms with van der Waals surface area (Å²) in [6, 6.07) is 0.0604. The zero-order valence-corrected chi connectivity index (χ0v) is 12.1. The van der Waals surface area contributed by atoms with Crippen molar-refractivity contribution >= 4 is 6.03 Å². The Bertz CT molecular complexity index is 275. The second kappa shape index (κ2) is 6.41. The van der Waals surface area contributed by atoms with Crippen LogP contribution in [0.25, 0.3) is 0 Å². The number of carbonyl (C=O) groups is 1. The number of carbonyl (C=O) groups excluding carboxylic acids is 1. The van der Waals surface area contributed by atoms with E-state index in [2.05, 4.69) is 17.6 Å². The van der Waals surface area contributed by atoms with E-state index >= 15 is 0 Å². The molecule has 1 aliphatic rings. The third-order valence-corrected chi connectivity index (χ3v) is 4.50. The van der Waals surface area contributed by atoms with E-state index in [0.717, 1.165) is 6.42 Å². The molecule has 106 valence electrons. The van der Waals surface area contributed by atoms with Gasteiger partial charge in [-0.15, -0.1) is 0 Å². The molecule has 2 amide bonds. The summed E-state index contributed by atoms with van der Waals surface area (Å²) in [5, 5.41) is 15.9. The molecule has 0 aromatic rings. The lowest BCUT2D eigenvalue weighted by molar-refractivity contribution is 0.00776. The van der Waals surface area contributed by atoms with Crippen LogP contribution in [0.5, 0.6) is 0 Å². The second-order valence-electron chi connectivity index (χ2n) is 5.97. The Kier molecular flexibility index (Phi) is 5.45. The SMILES string of the molecule is CCC(C)C(C)(O)CNC(=O)NC(C)C1CCC1. The van der Waals surface area contributed by atoms with E-state index < -0.39 is 5.60 Å². The first-order chi connectivity index (χ1) is 8.36. The zero-order valence-electron chi connectivity index (χ0n) is 12.1. The van der Waals surface area contributed by atoms with Crippen LogP contribution in [0.1, 0.15) is 53.4 Å². The molecule has 0 bridgehead atoms.